The predicted molar refractivity (Wildman–Crippen MR) is 105 cm³/mol. The monoisotopic (exact) mass is 386 g/mol. The van der Waals surface area contributed by atoms with E-state index >= 15 is 0 Å². The first kappa shape index (κ1) is 19.1. The molecule has 27 heavy (non-hydrogen) atoms. The second-order valence-corrected chi connectivity index (χ2v) is 6.89. The minimum atomic E-state index is -0.169. The third-order valence-electron chi connectivity index (χ3n) is 4.20. The highest BCUT2D eigenvalue weighted by atomic mass is 32.1. The first-order valence-electron chi connectivity index (χ1n) is 8.66. The fourth-order valence-corrected chi connectivity index (χ4v) is 3.29. The van der Waals surface area contributed by atoms with Gasteiger partial charge in [-0.1, -0.05) is 13.0 Å². The molecular weight excluding hydrogens is 364 g/mol. The van der Waals surface area contributed by atoms with E-state index < -0.39 is 0 Å². The zero-order chi connectivity index (χ0) is 19.2. The van der Waals surface area contributed by atoms with Gasteiger partial charge in [0.15, 0.2) is 0 Å². The molecule has 1 N–H and O–H groups in total. The lowest BCUT2D eigenvalue weighted by atomic mass is 10.2. The number of thiophene rings is 1. The zero-order valence-corrected chi connectivity index (χ0v) is 16.3. The number of carbonyl (C=O) groups excluding carboxylic acids is 1. The summed E-state index contributed by atoms with van der Waals surface area (Å²) in [5.74, 6) is 1.64. The summed E-state index contributed by atoms with van der Waals surface area (Å²) in [4.78, 5) is 15.3. The zero-order valence-electron chi connectivity index (χ0n) is 15.5. The van der Waals surface area contributed by atoms with Crippen LogP contribution < -0.4 is 10.1 Å². The molecular formula is C19H22N4O3S. The Kier molecular flexibility index (Phi) is 6.20. The number of hydrogen-bond acceptors (Lipinski definition) is 7. The van der Waals surface area contributed by atoms with Crippen LogP contribution in [0.1, 0.15) is 25.8 Å². The van der Waals surface area contributed by atoms with E-state index in [0.29, 0.717) is 18.3 Å². The Bertz CT molecular complexity index is 861. The molecule has 0 saturated heterocycles. The Hall–Kier alpha value is -2.71. The van der Waals surface area contributed by atoms with Crippen LogP contribution in [-0.2, 0) is 4.79 Å². The average molecular weight is 386 g/mol. The quantitative estimate of drug-likeness (QED) is 0.634. The van der Waals surface area contributed by atoms with E-state index in [1.165, 1.54) is 0 Å². The van der Waals surface area contributed by atoms with E-state index in [1.54, 1.807) is 30.6 Å². The van der Waals surface area contributed by atoms with E-state index in [9.17, 15) is 4.79 Å². The molecule has 1 unspecified atom stereocenters. The fraction of sp³-hybridized carbons (Fsp3) is 0.316. The molecule has 0 aliphatic rings. The van der Waals surface area contributed by atoms with Crippen molar-refractivity contribution in [2.45, 2.75) is 19.9 Å². The van der Waals surface area contributed by atoms with Gasteiger partial charge < -0.3 is 14.5 Å². The van der Waals surface area contributed by atoms with Crippen LogP contribution in [0.3, 0.4) is 0 Å². The fourth-order valence-electron chi connectivity index (χ4n) is 2.64. The van der Waals surface area contributed by atoms with Crippen LogP contribution in [-0.4, -0.2) is 41.2 Å². The predicted octanol–water partition coefficient (Wildman–Crippen LogP) is 3.83. The highest BCUT2D eigenvalue weighted by molar-refractivity contribution is 7.13. The number of nitrogens with one attached hydrogen (secondary N) is 1. The van der Waals surface area contributed by atoms with E-state index in [1.807, 2.05) is 48.4 Å². The topological polar surface area (TPSA) is 80.5 Å². The van der Waals surface area contributed by atoms with Crippen molar-refractivity contribution < 1.29 is 13.9 Å². The van der Waals surface area contributed by atoms with Gasteiger partial charge in [-0.2, -0.15) is 0 Å². The maximum Gasteiger partial charge on any atom is 0.257 e. The maximum absolute atomic E-state index is 12.4. The first-order valence-corrected chi connectivity index (χ1v) is 9.54. The summed E-state index contributed by atoms with van der Waals surface area (Å²) >= 11 is 1.55. The molecule has 8 heteroatoms. The number of rotatable bonds is 8. The number of likely N-dealkylation sites (N-methyl/N-ethyl adjacent to an activating group) is 1. The van der Waals surface area contributed by atoms with Gasteiger partial charge in [-0.3, -0.25) is 9.69 Å². The van der Waals surface area contributed by atoms with Crippen molar-refractivity contribution in [2.75, 3.05) is 25.5 Å². The van der Waals surface area contributed by atoms with Gasteiger partial charge in [-0.05, 0) is 49.2 Å². The molecule has 142 valence electrons. The molecule has 0 radical (unpaired) electrons. The van der Waals surface area contributed by atoms with Crippen molar-refractivity contribution in [1.82, 2.24) is 15.1 Å². The molecule has 0 bridgehead atoms. The lowest BCUT2D eigenvalue weighted by Crippen LogP contribution is -2.35. The number of aromatic nitrogens is 2. The lowest BCUT2D eigenvalue weighted by Gasteiger charge is -2.24. The van der Waals surface area contributed by atoms with Crippen LogP contribution in [0, 0.1) is 0 Å². The van der Waals surface area contributed by atoms with Crippen molar-refractivity contribution in [3.05, 3.63) is 47.7 Å². The molecule has 2 heterocycles. The van der Waals surface area contributed by atoms with Gasteiger partial charge in [-0.15, -0.1) is 21.5 Å². The van der Waals surface area contributed by atoms with Gasteiger partial charge in [0.25, 0.3) is 5.89 Å². The molecule has 7 nitrogen and oxygen atoms in total. The summed E-state index contributed by atoms with van der Waals surface area (Å²) in [5.41, 5.74) is 0.724. The Labute approximate surface area is 162 Å². The second-order valence-electron chi connectivity index (χ2n) is 5.94. The van der Waals surface area contributed by atoms with Crippen LogP contribution in [0.2, 0.25) is 0 Å². The molecule has 0 saturated carbocycles. The number of carbonyl (C=O) groups is 1. The van der Waals surface area contributed by atoms with Crippen LogP contribution in [0.25, 0.3) is 10.8 Å². The Morgan fingerprint density at radius 2 is 2.07 bits per heavy atom. The number of nitrogens with zero attached hydrogens (tertiary/aromatic N) is 3. The molecule has 3 aromatic rings. The molecule has 0 aliphatic heterocycles. The van der Waals surface area contributed by atoms with Crippen molar-refractivity contribution in [3.8, 4) is 16.5 Å². The number of methoxy groups -OCH3 is 1. The minimum Gasteiger partial charge on any atom is -0.497 e. The van der Waals surface area contributed by atoms with Crippen molar-refractivity contribution in [2.24, 2.45) is 0 Å². The van der Waals surface area contributed by atoms with Gasteiger partial charge in [0.05, 0.1) is 24.6 Å². The Balaban J connectivity index is 1.62. The van der Waals surface area contributed by atoms with E-state index in [0.717, 1.165) is 16.3 Å². The molecule has 1 aromatic carbocycles. The first-order chi connectivity index (χ1) is 13.1. The lowest BCUT2D eigenvalue weighted by molar-refractivity contribution is -0.117. The van der Waals surface area contributed by atoms with Gasteiger partial charge in [0.1, 0.15) is 5.75 Å². The summed E-state index contributed by atoms with van der Waals surface area (Å²) in [7, 11) is 1.61. The highest BCUT2D eigenvalue weighted by Crippen LogP contribution is 2.26. The van der Waals surface area contributed by atoms with Crippen LogP contribution >= 0.6 is 11.3 Å². The third kappa shape index (κ3) is 4.72. The van der Waals surface area contributed by atoms with Crippen LogP contribution in [0.15, 0.2) is 46.2 Å². The summed E-state index contributed by atoms with van der Waals surface area (Å²) in [6.45, 7) is 4.85. The molecule has 2 aromatic heterocycles. The van der Waals surface area contributed by atoms with Crippen molar-refractivity contribution in [3.63, 3.8) is 0 Å². The summed E-state index contributed by atoms with van der Waals surface area (Å²) in [6, 6.07) is 10.9. The van der Waals surface area contributed by atoms with Gasteiger partial charge in [0.2, 0.25) is 11.8 Å². The largest absolute Gasteiger partial charge is 0.497 e. The standard InChI is InChI=1S/C19H22N4O3S/c1-4-23(12-17(24)20-14-7-9-15(25-3)10-8-14)13(2)18-21-22-19(26-18)16-6-5-11-27-16/h5-11,13H,4,12H2,1-3H3,(H,20,24). The number of amides is 1. The number of benzene rings is 1. The normalized spacial score (nSPS) is 12.1. The minimum absolute atomic E-state index is 0.105. The third-order valence-corrected chi connectivity index (χ3v) is 5.06. The van der Waals surface area contributed by atoms with E-state index in [-0.39, 0.29) is 18.5 Å². The maximum atomic E-state index is 12.4. The van der Waals surface area contributed by atoms with Crippen LogP contribution in [0.4, 0.5) is 5.69 Å². The summed E-state index contributed by atoms with van der Waals surface area (Å²) < 4.78 is 10.9. The molecule has 1 atom stereocenters. The molecule has 3 rings (SSSR count). The Morgan fingerprint density at radius 1 is 1.30 bits per heavy atom. The van der Waals surface area contributed by atoms with Gasteiger partial charge in [0, 0.05) is 5.69 Å². The number of ether oxygens (including phenoxy) is 1. The summed E-state index contributed by atoms with van der Waals surface area (Å²) in [5, 5.41) is 13.1. The van der Waals surface area contributed by atoms with Gasteiger partial charge in [-0.25, -0.2) is 0 Å². The van der Waals surface area contributed by atoms with Crippen molar-refractivity contribution >= 4 is 22.9 Å². The van der Waals surface area contributed by atoms with Crippen molar-refractivity contribution in [1.29, 1.82) is 0 Å². The highest BCUT2D eigenvalue weighted by Gasteiger charge is 2.23. The van der Waals surface area contributed by atoms with Crippen LogP contribution in [0.5, 0.6) is 5.75 Å². The average Bonchev–Trinajstić information content (AvgIpc) is 3.37. The second kappa shape index (κ2) is 8.79. The van der Waals surface area contributed by atoms with Gasteiger partial charge >= 0.3 is 0 Å². The molecule has 0 aliphatic carbocycles. The Morgan fingerprint density at radius 3 is 2.70 bits per heavy atom. The smallest absolute Gasteiger partial charge is 0.257 e. The molecule has 1 amide bonds. The number of anilines is 1. The molecule has 0 fully saturated rings. The summed E-state index contributed by atoms with van der Waals surface area (Å²) in [6.07, 6.45) is 0. The van der Waals surface area contributed by atoms with E-state index in [4.69, 9.17) is 9.15 Å². The number of hydrogen-bond donors (Lipinski definition) is 1. The molecule has 0 spiro atoms. The SMILES string of the molecule is CCN(CC(=O)Nc1ccc(OC)cc1)C(C)c1nnc(-c2cccs2)o1. The van der Waals surface area contributed by atoms with E-state index in [2.05, 4.69) is 15.5 Å².